The molecule has 0 aromatic carbocycles. The standard InChI is InChI=1S/C45H86ClN7O2/c1-13-17-21-23-25-27-31-54-52-42(5,6)33-37(34-43(52,7)8)50(29-19-15-3)40-47-39(46)48-41(49-40)51(30-20-16-4)38-35-44(9,10)53(45(11,12)36-38)55-32-28-26-24-22-18-14-2/h37-38H,13-36H2,1-12H3. The van der Waals surface area contributed by atoms with E-state index in [0.717, 1.165) is 90.5 Å². The van der Waals surface area contributed by atoms with Gasteiger partial charge in [0, 0.05) is 47.3 Å². The Labute approximate surface area is 344 Å². The lowest BCUT2D eigenvalue weighted by Crippen LogP contribution is -2.64. The Balaban J connectivity index is 1.84. The molecule has 10 heteroatoms. The third-order valence-corrected chi connectivity index (χ3v) is 12.2. The van der Waals surface area contributed by atoms with Gasteiger partial charge >= 0.3 is 0 Å². The van der Waals surface area contributed by atoms with E-state index in [2.05, 4.69) is 103 Å². The average molecular weight is 793 g/mol. The zero-order chi connectivity index (χ0) is 40.7. The first kappa shape index (κ1) is 48.1. The third-order valence-electron chi connectivity index (χ3n) is 12.1. The molecule has 55 heavy (non-hydrogen) atoms. The van der Waals surface area contributed by atoms with Crippen LogP contribution in [0.1, 0.15) is 212 Å². The van der Waals surface area contributed by atoms with Crippen molar-refractivity contribution in [3.8, 4) is 0 Å². The molecule has 0 N–H and O–H groups in total. The fourth-order valence-electron chi connectivity index (χ4n) is 9.77. The lowest BCUT2D eigenvalue weighted by Gasteiger charge is -2.56. The van der Waals surface area contributed by atoms with E-state index < -0.39 is 0 Å². The summed E-state index contributed by atoms with van der Waals surface area (Å²) in [6, 6.07) is 0.483. The molecule has 2 aliphatic rings. The Bertz CT molecular complexity index is 1100. The van der Waals surface area contributed by atoms with Crippen LogP contribution >= 0.6 is 11.6 Å². The summed E-state index contributed by atoms with van der Waals surface area (Å²) in [4.78, 5) is 33.3. The van der Waals surface area contributed by atoms with Gasteiger partial charge in [0.2, 0.25) is 17.2 Å². The van der Waals surface area contributed by atoms with E-state index in [0.29, 0.717) is 11.9 Å². The summed E-state index contributed by atoms with van der Waals surface area (Å²) in [5, 5.41) is 4.90. The van der Waals surface area contributed by atoms with Gasteiger partial charge in [-0.15, -0.1) is 0 Å². The molecule has 3 rings (SSSR count). The number of rotatable bonds is 26. The number of hydrogen-bond acceptors (Lipinski definition) is 9. The van der Waals surface area contributed by atoms with Gasteiger partial charge in [-0.25, -0.2) is 0 Å². The highest BCUT2D eigenvalue weighted by atomic mass is 35.5. The quantitative estimate of drug-likeness (QED) is 0.0853. The first-order chi connectivity index (χ1) is 26.0. The summed E-state index contributed by atoms with van der Waals surface area (Å²) in [6.45, 7) is 31.1. The molecule has 0 atom stereocenters. The minimum absolute atomic E-state index is 0.159. The number of hydrogen-bond donors (Lipinski definition) is 0. The van der Waals surface area contributed by atoms with Crippen LogP contribution in [-0.4, -0.2) is 85.6 Å². The molecule has 0 unspecified atom stereocenters. The maximum Gasteiger partial charge on any atom is 0.231 e. The number of hydroxylamine groups is 4. The molecule has 320 valence electrons. The summed E-state index contributed by atoms with van der Waals surface area (Å²) in [5.74, 6) is 1.42. The van der Waals surface area contributed by atoms with Gasteiger partial charge in [-0.3, -0.25) is 9.68 Å². The van der Waals surface area contributed by atoms with Crippen molar-refractivity contribution in [3.63, 3.8) is 0 Å². The van der Waals surface area contributed by atoms with Crippen LogP contribution in [0.5, 0.6) is 0 Å². The van der Waals surface area contributed by atoms with Gasteiger partial charge < -0.3 is 9.80 Å². The van der Waals surface area contributed by atoms with Crippen molar-refractivity contribution in [2.75, 3.05) is 36.1 Å². The van der Waals surface area contributed by atoms with Crippen LogP contribution in [0.4, 0.5) is 11.9 Å². The van der Waals surface area contributed by atoms with Crippen LogP contribution in [0.3, 0.4) is 0 Å². The number of halogens is 1. The molecular formula is C45H86ClN7O2. The first-order valence-corrected chi connectivity index (χ1v) is 23.2. The van der Waals surface area contributed by atoms with Crippen molar-refractivity contribution in [1.29, 1.82) is 0 Å². The molecule has 1 aromatic heterocycles. The van der Waals surface area contributed by atoms with Gasteiger partial charge in [0.15, 0.2) is 0 Å². The van der Waals surface area contributed by atoms with Crippen LogP contribution < -0.4 is 9.80 Å². The molecular weight excluding hydrogens is 706 g/mol. The molecule has 3 heterocycles. The Kier molecular flexibility index (Phi) is 19.9. The predicted molar refractivity (Wildman–Crippen MR) is 234 cm³/mol. The minimum Gasteiger partial charge on any atom is -0.338 e. The summed E-state index contributed by atoms with van der Waals surface area (Å²) in [5.41, 5.74) is -0.634. The van der Waals surface area contributed by atoms with E-state index in [1.807, 2.05) is 0 Å². The van der Waals surface area contributed by atoms with Crippen LogP contribution in [-0.2, 0) is 9.68 Å². The number of piperidine rings is 2. The molecule has 9 nitrogen and oxygen atoms in total. The number of unbranched alkanes of at least 4 members (excludes halogenated alkanes) is 12. The molecule has 2 fully saturated rings. The van der Waals surface area contributed by atoms with Crippen LogP contribution in [0.25, 0.3) is 0 Å². The minimum atomic E-state index is -0.159. The van der Waals surface area contributed by atoms with Gasteiger partial charge in [-0.1, -0.05) is 105 Å². The zero-order valence-electron chi connectivity index (χ0n) is 38.0. The molecule has 0 saturated carbocycles. The van der Waals surface area contributed by atoms with Crippen molar-refractivity contribution in [1.82, 2.24) is 25.1 Å². The molecule has 2 saturated heterocycles. The Morgan fingerprint density at radius 1 is 0.491 bits per heavy atom. The topological polar surface area (TPSA) is 70.1 Å². The van der Waals surface area contributed by atoms with Crippen molar-refractivity contribution in [2.45, 2.75) is 246 Å². The first-order valence-electron chi connectivity index (χ1n) is 22.8. The molecule has 0 radical (unpaired) electrons. The van der Waals surface area contributed by atoms with Crippen molar-refractivity contribution in [2.24, 2.45) is 0 Å². The Morgan fingerprint density at radius 3 is 1.13 bits per heavy atom. The highest BCUT2D eigenvalue weighted by Gasteiger charge is 2.50. The summed E-state index contributed by atoms with van der Waals surface area (Å²) < 4.78 is 0. The van der Waals surface area contributed by atoms with Gasteiger partial charge in [0.25, 0.3) is 0 Å². The maximum absolute atomic E-state index is 6.90. The monoisotopic (exact) mass is 792 g/mol. The summed E-state index contributed by atoms with van der Waals surface area (Å²) >= 11 is 6.90. The van der Waals surface area contributed by atoms with Crippen molar-refractivity contribution < 1.29 is 9.68 Å². The molecule has 0 aliphatic carbocycles. The van der Waals surface area contributed by atoms with E-state index >= 15 is 0 Å². The number of aromatic nitrogens is 3. The number of anilines is 2. The second-order valence-corrected chi connectivity index (χ2v) is 19.8. The second-order valence-electron chi connectivity index (χ2n) is 19.5. The van der Waals surface area contributed by atoms with Crippen LogP contribution in [0, 0.1) is 0 Å². The largest absolute Gasteiger partial charge is 0.338 e. The molecule has 2 aliphatic heterocycles. The highest BCUT2D eigenvalue weighted by molar-refractivity contribution is 6.28. The smallest absolute Gasteiger partial charge is 0.231 e. The van der Waals surface area contributed by atoms with Gasteiger partial charge in [-0.2, -0.15) is 25.1 Å². The zero-order valence-corrected chi connectivity index (χ0v) is 38.7. The lowest BCUT2D eigenvalue weighted by molar-refractivity contribution is -0.283. The highest BCUT2D eigenvalue weighted by Crippen LogP contribution is 2.43. The average Bonchev–Trinajstić information content (AvgIpc) is 3.08. The van der Waals surface area contributed by atoms with Crippen LogP contribution in [0.15, 0.2) is 0 Å². The fraction of sp³-hybridized carbons (Fsp3) is 0.933. The number of nitrogens with zero attached hydrogens (tertiary/aromatic N) is 7. The van der Waals surface area contributed by atoms with Gasteiger partial charge in [0.05, 0.1) is 13.2 Å². The summed E-state index contributed by atoms with van der Waals surface area (Å²) in [7, 11) is 0. The second kappa shape index (κ2) is 22.8. The van der Waals surface area contributed by atoms with Crippen LogP contribution in [0.2, 0.25) is 5.28 Å². The normalized spacial score (nSPS) is 20.2. The summed E-state index contributed by atoms with van der Waals surface area (Å²) in [6.07, 6.45) is 23.3. The fourth-order valence-corrected chi connectivity index (χ4v) is 9.92. The van der Waals surface area contributed by atoms with Gasteiger partial charge in [-0.05, 0) is 118 Å². The van der Waals surface area contributed by atoms with Gasteiger partial charge in [0.1, 0.15) is 0 Å². The lowest BCUT2D eigenvalue weighted by atomic mass is 9.78. The molecule has 0 bridgehead atoms. The molecule has 1 aromatic rings. The Hall–Kier alpha value is -1.26. The van der Waals surface area contributed by atoms with Crippen molar-refractivity contribution in [3.05, 3.63) is 5.28 Å². The van der Waals surface area contributed by atoms with E-state index in [-0.39, 0.29) is 39.5 Å². The van der Waals surface area contributed by atoms with E-state index in [1.54, 1.807) is 0 Å². The van der Waals surface area contributed by atoms with Crippen molar-refractivity contribution >= 4 is 23.5 Å². The SMILES string of the molecule is CCCCCCCCON1C(C)(C)CC(N(CCCC)c2nc(Cl)nc(N(CCCC)C3CC(C)(C)N(OCCCCCCCC)C(C)(C)C3)n2)CC1(C)C. The molecule has 0 amide bonds. The van der Waals surface area contributed by atoms with E-state index in [9.17, 15) is 0 Å². The predicted octanol–water partition coefficient (Wildman–Crippen LogP) is 12.4. The maximum atomic E-state index is 6.90. The van der Waals surface area contributed by atoms with E-state index in [4.69, 9.17) is 36.2 Å². The van der Waals surface area contributed by atoms with E-state index in [1.165, 1.54) is 64.2 Å². The Morgan fingerprint density at radius 2 is 0.800 bits per heavy atom. The molecule has 0 spiro atoms. The third kappa shape index (κ3) is 14.5.